The first-order chi connectivity index (χ1) is 17.3. The topological polar surface area (TPSA) is 103 Å². The Kier molecular flexibility index (Phi) is 9.76. The molecule has 0 saturated heterocycles. The quantitative estimate of drug-likeness (QED) is 0.245. The molecule has 2 aromatic carbocycles. The number of anilines is 1. The summed E-state index contributed by atoms with van der Waals surface area (Å²) in [5, 5.41) is 19.1. The first-order valence-electron chi connectivity index (χ1n) is 13.2. The lowest BCUT2D eigenvalue weighted by atomic mass is 9.94. The molecule has 0 atom stereocenters. The maximum Gasteiger partial charge on any atom is 0.258 e. The van der Waals surface area contributed by atoms with Gasteiger partial charge in [0.1, 0.15) is 11.5 Å². The molecule has 7 nitrogen and oxygen atoms in total. The van der Waals surface area contributed by atoms with Gasteiger partial charge in [-0.2, -0.15) is 0 Å². The third-order valence-corrected chi connectivity index (χ3v) is 6.90. The minimum atomic E-state index is -0.253. The number of benzene rings is 2. The van der Waals surface area contributed by atoms with E-state index in [0.29, 0.717) is 49.0 Å². The smallest absolute Gasteiger partial charge is 0.258 e. The van der Waals surface area contributed by atoms with Crippen molar-refractivity contribution in [3.05, 3.63) is 52.6 Å². The van der Waals surface area contributed by atoms with Crippen LogP contribution in [0, 0.1) is 11.3 Å². The molecule has 4 rings (SSSR count). The van der Waals surface area contributed by atoms with Gasteiger partial charge in [-0.25, -0.2) is 0 Å². The van der Waals surface area contributed by atoms with Gasteiger partial charge >= 0.3 is 0 Å². The van der Waals surface area contributed by atoms with Crippen LogP contribution in [0.25, 0.3) is 0 Å². The number of fused-ring (bicyclic) bond motifs is 1. The largest absolute Gasteiger partial charge is 0.507 e. The van der Waals surface area contributed by atoms with Crippen LogP contribution in [-0.4, -0.2) is 53.8 Å². The zero-order valence-corrected chi connectivity index (χ0v) is 22.3. The highest BCUT2D eigenvalue weighted by Gasteiger charge is 2.28. The number of ether oxygens (including phenoxy) is 1. The van der Waals surface area contributed by atoms with Crippen LogP contribution < -0.4 is 10.5 Å². The molecule has 4 N–H and O–H groups in total. The molecule has 36 heavy (non-hydrogen) atoms. The number of hydrogen-bond acceptors (Lipinski definition) is 6. The van der Waals surface area contributed by atoms with Crippen molar-refractivity contribution in [2.45, 2.75) is 65.5 Å². The molecule has 1 aliphatic carbocycles. The van der Waals surface area contributed by atoms with Crippen LogP contribution in [0.5, 0.6) is 11.5 Å². The summed E-state index contributed by atoms with van der Waals surface area (Å²) in [5.41, 5.74) is 9.81. The Morgan fingerprint density at radius 1 is 1.11 bits per heavy atom. The van der Waals surface area contributed by atoms with Gasteiger partial charge in [-0.3, -0.25) is 4.79 Å². The molecule has 1 heterocycles. The van der Waals surface area contributed by atoms with Crippen molar-refractivity contribution in [3.63, 3.8) is 0 Å². The summed E-state index contributed by atoms with van der Waals surface area (Å²) in [4.78, 5) is 17.2. The van der Waals surface area contributed by atoms with Gasteiger partial charge in [0.05, 0.1) is 12.2 Å². The highest BCUT2D eigenvalue weighted by atomic mass is 16.5. The lowest BCUT2D eigenvalue weighted by molar-refractivity contribution is 0.0748. The minimum absolute atomic E-state index is 0.138. The van der Waals surface area contributed by atoms with Crippen LogP contribution in [0.2, 0.25) is 0 Å². The molecule has 196 valence electrons. The highest BCUT2D eigenvalue weighted by molar-refractivity contribution is 6.06. The van der Waals surface area contributed by atoms with Gasteiger partial charge in [-0.15, -0.1) is 0 Å². The molecule has 1 aliphatic heterocycles. The van der Waals surface area contributed by atoms with Crippen molar-refractivity contribution in [1.29, 1.82) is 5.41 Å². The van der Waals surface area contributed by atoms with E-state index in [1.807, 2.05) is 46.1 Å². The number of phenols is 1. The molecular formula is C29H42N4O3. The number of carbonyl (C=O) groups excluding carboxylic acids is 1. The number of rotatable bonds is 9. The molecule has 0 radical (unpaired) electrons. The Bertz CT molecular complexity index is 1060. The molecule has 0 spiro atoms. The third-order valence-electron chi connectivity index (χ3n) is 6.90. The van der Waals surface area contributed by atoms with E-state index in [2.05, 4.69) is 4.90 Å². The Morgan fingerprint density at radius 2 is 1.81 bits per heavy atom. The van der Waals surface area contributed by atoms with Crippen LogP contribution in [-0.2, 0) is 13.1 Å². The number of nitrogen functional groups attached to an aromatic ring is 1. The summed E-state index contributed by atoms with van der Waals surface area (Å²) < 4.78 is 5.88. The fraction of sp³-hybridized carbons (Fsp3) is 0.517. The number of nitrogens with two attached hydrogens (primary N) is 1. The van der Waals surface area contributed by atoms with Gasteiger partial charge < -0.3 is 30.8 Å². The Morgan fingerprint density at radius 3 is 2.50 bits per heavy atom. The maximum absolute atomic E-state index is 13.3. The van der Waals surface area contributed by atoms with Crippen molar-refractivity contribution in [2.24, 2.45) is 5.92 Å². The third kappa shape index (κ3) is 6.78. The van der Waals surface area contributed by atoms with Crippen LogP contribution in [0.15, 0.2) is 30.3 Å². The van der Waals surface area contributed by atoms with E-state index in [-0.39, 0.29) is 17.2 Å². The van der Waals surface area contributed by atoms with Crippen molar-refractivity contribution >= 4 is 17.3 Å². The predicted molar refractivity (Wildman–Crippen MR) is 146 cm³/mol. The van der Waals surface area contributed by atoms with E-state index in [1.54, 1.807) is 11.0 Å². The summed E-state index contributed by atoms with van der Waals surface area (Å²) in [6, 6.07) is 8.98. The molecule has 1 saturated carbocycles. The molecule has 1 amide bonds. The number of carbonyl (C=O) groups is 1. The van der Waals surface area contributed by atoms with E-state index < -0.39 is 0 Å². The highest BCUT2D eigenvalue weighted by Crippen LogP contribution is 2.34. The Labute approximate surface area is 215 Å². The van der Waals surface area contributed by atoms with Crippen molar-refractivity contribution in [2.75, 3.05) is 33.0 Å². The van der Waals surface area contributed by atoms with Crippen molar-refractivity contribution < 1.29 is 14.6 Å². The number of hydrogen-bond donors (Lipinski definition) is 3. The second-order valence-electron chi connectivity index (χ2n) is 9.89. The van der Waals surface area contributed by atoms with E-state index in [9.17, 15) is 9.90 Å². The first kappa shape index (κ1) is 27.5. The van der Waals surface area contributed by atoms with Gasteiger partial charge in [0.25, 0.3) is 5.91 Å². The van der Waals surface area contributed by atoms with E-state index in [1.165, 1.54) is 18.9 Å². The number of nitrogens with zero attached hydrogens (tertiary/aromatic N) is 2. The number of phenolic OH excluding ortho intramolecular Hbond substituents is 1. The van der Waals surface area contributed by atoms with Crippen molar-refractivity contribution in [3.8, 4) is 11.5 Å². The standard InChI is InChI=1S/C27H36N4O3.C2H6/c1-30(2)10-5-11-34-21-9-8-19-16-31(17-20(19)13-21)27(33)23-14-22(25(29)15-26(23)32)24(28)12-18-6-3-4-7-18;1-2/h8-9,13-15,18,28,32H,3-7,10-12,16-17,29H2,1-2H3;1-2H3. The second kappa shape index (κ2) is 12.8. The van der Waals surface area contributed by atoms with Gasteiger partial charge in [-0.05, 0) is 62.2 Å². The monoisotopic (exact) mass is 494 g/mol. The zero-order valence-electron chi connectivity index (χ0n) is 22.3. The minimum Gasteiger partial charge on any atom is -0.507 e. The van der Waals surface area contributed by atoms with Gasteiger partial charge in [0, 0.05) is 42.7 Å². The van der Waals surface area contributed by atoms with Crippen molar-refractivity contribution in [1.82, 2.24) is 9.80 Å². The Balaban J connectivity index is 0.00000176. The number of amides is 1. The van der Waals surface area contributed by atoms with Crippen LogP contribution in [0.1, 0.15) is 79.4 Å². The average molecular weight is 495 g/mol. The van der Waals surface area contributed by atoms with E-state index in [4.69, 9.17) is 15.9 Å². The van der Waals surface area contributed by atoms with Gasteiger partial charge in [-0.1, -0.05) is 45.6 Å². The predicted octanol–water partition coefficient (Wildman–Crippen LogP) is 5.44. The maximum atomic E-state index is 13.3. The summed E-state index contributed by atoms with van der Waals surface area (Å²) in [5.74, 6) is 0.926. The van der Waals surface area contributed by atoms with E-state index >= 15 is 0 Å². The molecule has 7 heteroatoms. The molecule has 2 aliphatic rings. The second-order valence-corrected chi connectivity index (χ2v) is 9.89. The SMILES string of the molecule is CC.CN(C)CCCOc1ccc2c(c1)CN(C(=O)c1cc(C(=N)CC3CCCC3)c(N)cc1O)C2. The molecule has 1 fully saturated rings. The van der Waals surface area contributed by atoms with Crippen LogP contribution in [0.3, 0.4) is 0 Å². The number of nitrogens with one attached hydrogen (secondary N) is 1. The summed E-state index contributed by atoms with van der Waals surface area (Å²) in [7, 11) is 4.09. The molecule has 0 bridgehead atoms. The number of aromatic hydroxyl groups is 1. The molecule has 0 unspecified atom stereocenters. The van der Waals surface area contributed by atoms with Crippen LogP contribution in [0.4, 0.5) is 5.69 Å². The van der Waals surface area contributed by atoms with Gasteiger partial charge in [0.2, 0.25) is 0 Å². The molecule has 2 aromatic rings. The van der Waals surface area contributed by atoms with E-state index in [0.717, 1.165) is 42.7 Å². The lowest BCUT2D eigenvalue weighted by Gasteiger charge is -2.18. The first-order valence-corrected chi connectivity index (χ1v) is 13.2. The zero-order chi connectivity index (χ0) is 26.2. The normalized spacial score (nSPS) is 15.0. The fourth-order valence-corrected chi connectivity index (χ4v) is 5.00. The summed E-state index contributed by atoms with van der Waals surface area (Å²) in [6.45, 7) is 6.56. The summed E-state index contributed by atoms with van der Waals surface area (Å²) in [6.07, 6.45) is 6.31. The summed E-state index contributed by atoms with van der Waals surface area (Å²) >= 11 is 0. The average Bonchev–Trinajstić information content (AvgIpc) is 3.52. The lowest BCUT2D eigenvalue weighted by Crippen LogP contribution is -2.26. The molecule has 0 aromatic heterocycles. The van der Waals surface area contributed by atoms with Crippen LogP contribution >= 0.6 is 0 Å². The Hall–Kier alpha value is -3.06. The fourth-order valence-electron chi connectivity index (χ4n) is 5.00. The molecular weight excluding hydrogens is 452 g/mol. The van der Waals surface area contributed by atoms with Gasteiger partial charge in [0.15, 0.2) is 0 Å².